The number of imidazole rings is 1. The molecule has 2 aromatic heterocycles. The molecular formula is C25H25ClN4O. The van der Waals surface area contributed by atoms with Crippen molar-refractivity contribution in [3.63, 3.8) is 0 Å². The molecule has 0 aliphatic carbocycles. The molecule has 0 amide bonds. The maximum Gasteiger partial charge on any atom is 0.328 e. The van der Waals surface area contributed by atoms with Crippen molar-refractivity contribution in [1.82, 2.24) is 19.0 Å². The molecule has 2 aromatic carbocycles. The predicted molar refractivity (Wildman–Crippen MR) is 127 cm³/mol. The smallest absolute Gasteiger partial charge is 0.302 e. The van der Waals surface area contributed by atoms with Gasteiger partial charge in [0, 0.05) is 42.5 Å². The van der Waals surface area contributed by atoms with Crippen LogP contribution in [-0.4, -0.2) is 38.7 Å². The number of rotatable bonds is 5. The van der Waals surface area contributed by atoms with Gasteiger partial charge in [0.05, 0.1) is 16.7 Å². The third kappa shape index (κ3) is 3.91. The molecule has 1 saturated heterocycles. The molecule has 0 radical (unpaired) electrons. The van der Waals surface area contributed by atoms with Crippen LogP contribution in [0.5, 0.6) is 0 Å². The second-order valence-corrected chi connectivity index (χ2v) is 8.62. The lowest BCUT2D eigenvalue weighted by Gasteiger charge is -2.14. The Bertz CT molecular complexity index is 1270. The molecule has 4 aromatic rings. The minimum Gasteiger partial charge on any atom is -0.302 e. The molecule has 1 aliphatic rings. The summed E-state index contributed by atoms with van der Waals surface area (Å²) >= 11 is 5.99. The summed E-state index contributed by atoms with van der Waals surface area (Å²) < 4.78 is 3.64. The number of halogens is 1. The van der Waals surface area contributed by atoms with Gasteiger partial charge < -0.3 is 4.90 Å². The highest BCUT2D eigenvalue weighted by Gasteiger charge is 2.15. The number of hydrogen-bond acceptors (Lipinski definition) is 3. The Hall–Kier alpha value is -2.89. The summed E-state index contributed by atoms with van der Waals surface area (Å²) in [5.41, 5.74) is 5.97. The molecule has 0 spiro atoms. The van der Waals surface area contributed by atoms with E-state index in [0.29, 0.717) is 0 Å². The van der Waals surface area contributed by atoms with Gasteiger partial charge in [-0.25, -0.2) is 4.79 Å². The molecule has 0 N–H and O–H groups in total. The summed E-state index contributed by atoms with van der Waals surface area (Å²) in [6.07, 6.45) is 4.40. The van der Waals surface area contributed by atoms with Crippen LogP contribution in [0.3, 0.4) is 0 Å². The highest BCUT2D eigenvalue weighted by Crippen LogP contribution is 2.26. The third-order valence-electron chi connectivity index (χ3n) is 6.22. The number of hydrogen-bond donors (Lipinski definition) is 0. The first kappa shape index (κ1) is 20.0. The van der Waals surface area contributed by atoms with Crippen LogP contribution in [0.15, 0.2) is 65.6 Å². The summed E-state index contributed by atoms with van der Waals surface area (Å²) in [5, 5.41) is 0.722. The normalized spacial score (nSPS) is 14.5. The van der Waals surface area contributed by atoms with Crippen molar-refractivity contribution in [2.45, 2.75) is 19.4 Å². The number of aromatic nitrogens is 3. The van der Waals surface area contributed by atoms with E-state index in [-0.39, 0.29) is 5.69 Å². The highest BCUT2D eigenvalue weighted by atomic mass is 35.5. The molecule has 1 aliphatic heterocycles. The predicted octanol–water partition coefficient (Wildman–Crippen LogP) is 4.82. The van der Waals surface area contributed by atoms with Crippen molar-refractivity contribution < 1.29 is 0 Å². The van der Waals surface area contributed by atoms with E-state index in [4.69, 9.17) is 11.6 Å². The number of pyridine rings is 1. The summed E-state index contributed by atoms with van der Waals surface area (Å²) in [6.45, 7) is 3.93. The first-order chi connectivity index (χ1) is 15.1. The average molecular weight is 433 g/mol. The fourth-order valence-corrected chi connectivity index (χ4v) is 4.53. The summed E-state index contributed by atoms with van der Waals surface area (Å²) in [4.78, 5) is 20.0. The van der Waals surface area contributed by atoms with Crippen LogP contribution in [0.4, 0.5) is 0 Å². The number of nitrogens with zero attached hydrogens (tertiary/aromatic N) is 4. The molecule has 1 fully saturated rings. The molecule has 0 unspecified atom stereocenters. The van der Waals surface area contributed by atoms with Crippen molar-refractivity contribution in [2.24, 2.45) is 7.05 Å². The summed E-state index contributed by atoms with van der Waals surface area (Å²) in [6, 6.07) is 18.0. The Kier molecular flexibility index (Phi) is 5.38. The maximum atomic E-state index is 12.8. The fourth-order valence-electron chi connectivity index (χ4n) is 4.41. The van der Waals surface area contributed by atoms with E-state index in [2.05, 4.69) is 28.1 Å². The number of likely N-dealkylation sites (tertiary alicyclic amines) is 1. The largest absolute Gasteiger partial charge is 0.328 e. The maximum absolute atomic E-state index is 12.8. The zero-order valence-corrected chi connectivity index (χ0v) is 18.3. The second kappa shape index (κ2) is 8.33. The van der Waals surface area contributed by atoms with Crippen LogP contribution in [0, 0.1) is 0 Å². The van der Waals surface area contributed by atoms with Crippen LogP contribution >= 0.6 is 11.6 Å². The van der Waals surface area contributed by atoms with Crippen molar-refractivity contribution in [3.05, 3.63) is 76.3 Å². The minimum atomic E-state index is 0.0393. The van der Waals surface area contributed by atoms with Crippen LogP contribution < -0.4 is 5.69 Å². The van der Waals surface area contributed by atoms with Gasteiger partial charge in [-0.15, -0.1) is 0 Å². The molecule has 0 atom stereocenters. The Balaban J connectivity index is 1.43. The Morgan fingerprint density at radius 1 is 0.871 bits per heavy atom. The molecule has 158 valence electrons. The highest BCUT2D eigenvalue weighted by molar-refractivity contribution is 6.30. The van der Waals surface area contributed by atoms with Crippen LogP contribution in [0.25, 0.3) is 33.4 Å². The van der Waals surface area contributed by atoms with Crippen molar-refractivity contribution in [2.75, 3.05) is 19.6 Å². The van der Waals surface area contributed by atoms with Crippen molar-refractivity contribution in [1.29, 1.82) is 0 Å². The van der Waals surface area contributed by atoms with Crippen molar-refractivity contribution in [3.8, 4) is 22.4 Å². The van der Waals surface area contributed by atoms with E-state index in [0.717, 1.165) is 64.6 Å². The molecule has 5 rings (SSSR count). The SMILES string of the molecule is Cn1c(=O)n(CCN2CCCC2)c2ccc(-c3ccc(-c4ccc(Cl)cc4)cn3)cc21. The zero-order valence-electron chi connectivity index (χ0n) is 17.6. The van der Waals surface area contributed by atoms with E-state index < -0.39 is 0 Å². The van der Waals surface area contributed by atoms with E-state index in [9.17, 15) is 4.79 Å². The Morgan fingerprint density at radius 2 is 1.58 bits per heavy atom. The lowest BCUT2D eigenvalue weighted by molar-refractivity contribution is 0.322. The zero-order chi connectivity index (χ0) is 21.4. The average Bonchev–Trinajstić information content (AvgIpc) is 3.40. The summed E-state index contributed by atoms with van der Waals surface area (Å²) in [5.74, 6) is 0. The number of benzene rings is 2. The van der Waals surface area contributed by atoms with E-state index >= 15 is 0 Å². The fraction of sp³-hybridized carbons (Fsp3) is 0.280. The van der Waals surface area contributed by atoms with Gasteiger partial charge in [-0.05, 0) is 61.8 Å². The van der Waals surface area contributed by atoms with Gasteiger partial charge in [0.1, 0.15) is 0 Å². The molecular weight excluding hydrogens is 408 g/mol. The van der Waals surface area contributed by atoms with Crippen LogP contribution in [0.2, 0.25) is 5.02 Å². The Labute approximate surface area is 186 Å². The Morgan fingerprint density at radius 3 is 2.29 bits per heavy atom. The lowest BCUT2D eigenvalue weighted by atomic mass is 10.1. The van der Waals surface area contributed by atoms with Gasteiger partial charge in [-0.2, -0.15) is 0 Å². The molecule has 3 heterocycles. The van der Waals surface area contributed by atoms with Crippen LogP contribution in [-0.2, 0) is 13.6 Å². The summed E-state index contributed by atoms with van der Waals surface area (Å²) in [7, 11) is 1.85. The van der Waals surface area contributed by atoms with E-state index in [1.54, 1.807) is 4.57 Å². The van der Waals surface area contributed by atoms with Gasteiger partial charge in [0.25, 0.3) is 0 Å². The molecule has 31 heavy (non-hydrogen) atoms. The topological polar surface area (TPSA) is 43.1 Å². The quantitative estimate of drug-likeness (QED) is 0.454. The molecule has 0 saturated carbocycles. The van der Waals surface area contributed by atoms with Crippen molar-refractivity contribution >= 4 is 22.6 Å². The standard InChI is InChI=1S/C25H25ClN4O/c1-28-24-16-19(22-10-6-20(17-27-22)18-4-8-21(26)9-5-18)7-11-23(24)30(25(28)31)15-14-29-12-2-3-13-29/h4-11,16-17H,2-3,12-15H2,1H3. The monoisotopic (exact) mass is 432 g/mol. The van der Waals surface area contributed by atoms with Gasteiger partial charge in [0.15, 0.2) is 0 Å². The van der Waals surface area contributed by atoms with Gasteiger partial charge in [-0.3, -0.25) is 14.1 Å². The lowest BCUT2D eigenvalue weighted by Crippen LogP contribution is -2.29. The first-order valence-electron chi connectivity index (χ1n) is 10.7. The molecule has 6 heteroatoms. The molecule has 0 bridgehead atoms. The number of aryl methyl sites for hydroxylation is 1. The van der Waals surface area contributed by atoms with Gasteiger partial charge in [-0.1, -0.05) is 35.9 Å². The number of fused-ring (bicyclic) bond motifs is 1. The first-order valence-corrected chi connectivity index (χ1v) is 11.1. The van der Waals surface area contributed by atoms with Gasteiger partial charge >= 0.3 is 5.69 Å². The second-order valence-electron chi connectivity index (χ2n) is 8.18. The van der Waals surface area contributed by atoms with E-state index in [1.165, 1.54) is 12.8 Å². The molecule has 5 nitrogen and oxygen atoms in total. The minimum absolute atomic E-state index is 0.0393. The van der Waals surface area contributed by atoms with Gasteiger partial charge in [0.2, 0.25) is 0 Å². The van der Waals surface area contributed by atoms with E-state index in [1.807, 2.05) is 54.2 Å². The van der Waals surface area contributed by atoms with Crippen LogP contribution in [0.1, 0.15) is 12.8 Å². The third-order valence-corrected chi connectivity index (χ3v) is 6.47.